The first kappa shape index (κ1) is 15.3. The van der Waals surface area contributed by atoms with Crippen molar-refractivity contribution in [2.45, 2.75) is 12.3 Å². The van der Waals surface area contributed by atoms with Gasteiger partial charge in [0.25, 0.3) is 0 Å². The second-order valence-electron chi connectivity index (χ2n) is 6.17. The highest BCUT2D eigenvalue weighted by Crippen LogP contribution is 2.35. The number of rotatable bonds is 3. The van der Waals surface area contributed by atoms with Gasteiger partial charge in [-0.25, -0.2) is 0 Å². The van der Waals surface area contributed by atoms with Crippen LogP contribution in [0, 0.1) is 0 Å². The van der Waals surface area contributed by atoms with Crippen molar-refractivity contribution in [3.63, 3.8) is 0 Å². The van der Waals surface area contributed by atoms with Crippen LogP contribution in [0.2, 0.25) is 0 Å². The van der Waals surface area contributed by atoms with Gasteiger partial charge in [-0.15, -0.1) is 0 Å². The molecule has 0 spiro atoms. The van der Waals surface area contributed by atoms with Gasteiger partial charge in [-0.1, -0.05) is 72.8 Å². The smallest absolute Gasteiger partial charge is 0.232 e. The van der Waals surface area contributed by atoms with Gasteiger partial charge in [0.15, 0.2) is 5.78 Å². The van der Waals surface area contributed by atoms with Crippen molar-refractivity contribution in [3.8, 4) is 11.1 Å². The maximum Gasteiger partial charge on any atom is 0.232 e. The molecule has 3 aromatic carbocycles. The Bertz CT molecular complexity index is 947. The van der Waals surface area contributed by atoms with Crippen molar-refractivity contribution in [2.75, 3.05) is 5.32 Å². The Hall–Kier alpha value is -3.20. The maximum atomic E-state index is 12.8. The lowest BCUT2D eigenvalue weighted by Gasteiger charge is -2.15. The van der Waals surface area contributed by atoms with Gasteiger partial charge in [-0.2, -0.15) is 0 Å². The van der Waals surface area contributed by atoms with Gasteiger partial charge in [0.2, 0.25) is 5.91 Å². The standard InChI is InChI=1S/C22H17NO2/c24-21-14-19(17-11-4-5-12-18(17)21)22(25)23-20-13-7-6-10-16(20)15-8-2-1-3-9-15/h1-13,19H,14H2,(H,23,25). The van der Waals surface area contributed by atoms with E-state index in [1.807, 2.05) is 72.8 Å². The first-order valence-corrected chi connectivity index (χ1v) is 8.31. The minimum atomic E-state index is -0.424. The molecule has 0 saturated carbocycles. The van der Waals surface area contributed by atoms with Gasteiger partial charge in [-0.05, 0) is 17.2 Å². The highest BCUT2D eigenvalue weighted by Gasteiger charge is 2.34. The van der Waals surface area contributed by atoms with Crippen molar-refractivity contribution in [2.24, 2.45) is 0 Å². The molecule has 0 radical (unpaired) electrons. The summed E-state index contributed by atoms with van der Waals surface area (Å²) < 4.78 is 0. The van der Waals surface area contributed by atoms with Crippen LogP contribution >= 0.6 is 0 Å². The molecule has 0 aromatic heterocycles. The van der Waals surface area contributed by atoms with Crippen molar-refractivity contribution < 1.29 is 9.59 Å². The zero-order valence-electron chi connectivity index (χ0n) is 13.6. The number of benzene rings is 3. The van der Waals surface area contributed by atoms with E-state index in [0.717, 1.165) is 22.4 Å². The fourth-order valence-corrected chi connectivity index (χ4v) is 3.38. The summed E-state index contributed by atoms with van der Waals surface area (Å²) in [5.74, 6) is -0.527. The normalized spacial score (nSPS) is 15.7. The van der Waals surface area contributed by atoms with E-state index >= 15 is 0 Å². The third-order valence-corrected chi connectivity index (χ3v) is 4.61. The first-order valence-electron chi connectivity index (χ1n) is 8.31. The molecule has 3 heteroatoms. The highest BCUT2D eigenvalue weighted by atomic mass is 16.2. The van der Waals surface area contributed by atoms with E-state index in [0.29, 0.717) is 5.56 Å². The summed E-state index contributed by atoms with van der Waals surface area (Å²) >= 11 is 0. The van der Waals surface area contributed by atoms with Crippen LogP contribution in [-0.4, -0.2) is 11.7 Å². The lowest BCUT2D eigenvalue weighted by atomic mass is 9.99. The molecule has 0 fully saturated rings. The minimum absolute atomic E-state index is 0.0343. The second kappa shape index (κ2) is 6.36. The van der Waals surface area contributed by atoms with Crippen molar-refractivity contribution in [1.82, 2.24) is 0 Å². The lowest BCUT2D eigenvalue weighted by Crippen LogP contribution is -2.20. The molecule has 4 rings (SSSR count). The molecule has 25 heavy (non-hydrogen) atoms. The Labute approximate surface area is 146 Å². The van der Waals surface area contributed by atoms with Gasteiger partial charge in [0.05, 0.1) is 5.92 Å². The molecule has 0 aliphatic heterocycles. The van der Waals surface area contributed by atoms with E-state index in [1.54, 1.807) is 6.07 Å². The predicted octanol–water partition coefficient (Wildman–Crippen LogP) is 4.66. The molecular weight excluding hydrogens is 310 g/mol. The third-order valence-electron chi connectivity index (χ3n) is 4.61. The average Bonchev–Trinajstić information content (AvgIpc) is 3.00. The minimum Gasteiger partial charge on any atom is -0.325 e. The van der Waals surface area contributed by atoms with E-state index < -0.39 is 5.92 Å². The van der Waals surface area contributed by atoms with Crippen LogP contribution in [0.1, 0.15) is 28.3 Å². The maximum absolute atomic E-state index is 12.8. The van der Waals surface area contributed by atoms with Crippen LogP contribution in [0.4, 0.5) is 5.69 Å². The number of nitrogens with one attached hydrogen (secondary N) is 1. The Morgan fingerprint density at radius 2 is 1.44 bits per heavy atom. The topological polar surface area (TPSA) is 46.2 Å². The van der Waals surface area contributed by atoms with Crippen LogP contribution < -0.4 is 5.32 Å². The number of anilines is 1. The molecule has 1 atom stereocenters. The summed E-state index contributed by atoms with van der Waals surface area (Å²) in [6.45, 7) is 0. The Balaban J connectivity index is 1.64. The lowest BCUT2D eigenvalue weighted by molar-refractivity contribution is -0.117. The number of carbonyl (C=O) groups is 2. The van der Waals surface area contributed by atoms with Gasteiger partial charge in [-0.3, -0.25) is 9.59 Å². The molecular formula is C22H17NO2. The van der Waals surface area contributed by atoms with Gasteiger partial charge in [0.1, 0.15) is 0 Å². The first-order chi connectivity index (χ1) is 12.2. The van der Waals surface area contributed by atoms with Crippen LogP contribution in [0.3, 0.4) is 0 Å². The van der Waals surface area contributed by atoms with Gasteiger partial charge < -0.3 is 5.32 Å². The SMILES string of the molecule is O=C1CC(C(=O)Nc2ccccc2-c2ccccc2)c2ccccc21. The number of hydrogen-bond acceptors (Lipinski definition) is 2. The van der Waals surface area contributed by atoms with E-state index in [2.05, 4.69) is 5.32 Å². The molecule has 1 N–H and O–H groups in total. The molecule has 0 saturated heterocycles. The summed E-state index contributed by atoms with van der Waals surface area (Å²) in [6.07, 6.45) is 0.235. The molecule has 3 aromatic rings. The van der Waals surface area contributed by atoms with E-state index in [1.165, 1.54) is 0 Å². The largest absolute Gasteiger partial charge is 0.325 e. The van der Waals surface area contributed by atoms with Crippen LogP contribution in [0.5, 0.6) is 0 Å². The van der Waals surface area contributed by atoms with Crippen molar-refractivity contribution in [3.05, 3.63) is 90.0 Å². The molecule has 1 unspecified atom stereocenters. The predicted molar refractivity (Wildman–Crippen MR) is 98.6 cm³/mol. The average molecular weight is 327 g/mol. The zero-order valence-corrected chi connectivity index (χ0v) is 13.6. The van der Waals surface area contributed by atoms with Crippen LogP contribution in [-0.2, 0) is 4.79 Å². The number of Topliss-reactive ketones (excluding diaryl/α,β-unsaturated/α-hetero) is 1. The molecule has 0 heterocycles. The van der Waals surface area contributed by atoms with E-state index in [9.17, 15) is 9.59 Å². The molecule has 1 amide bonds. The summed E-state index contributed by atoms with van der Waals surface area (Å²) in [5.41, 5.74) is 4.26. The summed E-state index contributed by atoms with van der Waals surface area (Å²) in [6, 6.07) is 25.0. The zero-order chi connectivity index (χ0) is 17.2. The third kappa shape index (κ3) is 2.85. The number of para-hydroxylation sites is 1. The highest BCUT2D eigenvalue weighted by molar-refractivity contribution is 6.10. The summed E-state index contributed by atoms with van der Waals surface area (Å²) in [5, 5.41) is 3.02. The number of hydrogen-bond donors (Lipinski definition) is 1. The van der Waals surface area contributed by atoms with Crippen molar-refractivity contribution >= 4 is 17.4 Å². The van der Waals surface area contributed by atoms with Crippen molar-refractivity contribution in [1.29, 1.82) is 0 Å². The Kier molecular flexibility index (Phi) is 3.90. The molecule has 1 aliphatic rings. The molecule has 122 valence electrons. The number of fused-ring (bicyclic) bond motifs is 1. The van der Waals surface area contributed by atoms with Crippen LogP contribution in [0.25, 0.3) is 11.1 Å². The monoisotopic (exact) mass is 327 g/mol. The van der Waals surface area contributed by atoms with E-state index in [-0.39, 0.29) is 18.1 Å². The molecule has 0 bridgehead atoms. The summed E-state index contributed by atoms with van der Waals surface area (Å²) in [4.78, 5) is 25.0. The second-order valence-corrected chi connectivity index (χ2v) is 6.17. The van der Waals surface area contributed by atoms with Gasteiger partial charge >= 0.3 is 0 Å². The van der Waals surface area contributed by atoms with Crippen LogP contribution in [0.15, 0.2) is 78.9 Å². The summed E-state index contributed by atoms with van der Waals surface area (Å²) in [7, 11) is 0. The molecule has 3 nitrogen and oxygen atoms in total. The fourth-order valence-electron chi connectivity index (χ4n) is 3.38. The Morgan fingerprint density at radius 3 is 2.24 bits per heavy atom. The number of ketones is 1. The quantitative estimate of drug-likeness (QED) is 0.760. The number of carbonyl (C=O) groups excluding carboxylic acids is 2. The Morgan fingerprint density at radius 1 is 0.800 bits per heavy atom. The van der Waals surface area contributed by atoms with Gasteiger partial charge in [0, 0.05) is 23.2 Å². The fraction of sp³-hybridized carbons (Fsp3) is 0.0909. The van der Waals surface area contributed by atoms with E-state index in [4.69, 9.17) is 0 Å². The number of amides is 1. The molecule has 1 aliphatic carbocycles.